The molecule has 1 aliphatic carbocycles. The molecule has 7 heteroatoms. The maximum absolute atomic E-state index is 12.3. The van der Waals surface area contributed by atoms with E-state index in [1.807, 2.05) is 4.57 Å². The van der Waals surface area contributed by atoms with Crippen molar-refractivity contribution >= 4 is 5.91 Å². The second-order valence-corrected chi connectivity index (χ2v) is 5.60. The van der Waals surface area contributed by atoms with E-state index in [0.29, 0.717) is 17.6 Å². The molecular weight excluding hydrogens is 268 g/mol. The number of rotatable bonds is 3. The minimum absolute atomic E-state index is 0.0801. The fourth-order valence-electron chi connectivity index (χ4n) is 2.76. The molecule has 7 nitrogen and oxygen atoms in total. The monoisotopic (exact) mass is 284 g/mol. The van der Waals surface area contributed by atoms with Crippen molar-refractivity contribution in [2.75, 3.05) is 0 Å². The Balaban J connectivity index is 1.66. The highest BCUT2D eigenvalue weighted by Gasteiger charge is 2.34. The average Bonchev–Trinajstić information content (AvgIpc) is 3.23. The summed E-state index contributed by atoms with van der Waals surface area (Å²) in [7, 11) is 0. The quantitative estimate of drug-likeness (QED) is 0.904. The first kappa shape index (κ1) is 12.4. The number of hydrogen-bond donors (Lipinski definition) is 1. The summed E-state index contributed by atoms with van der Waals surface area (Å²) in [6.07, 6.45) is 8.90. The minimum atomic E-state index is -0.197. The highest BCUT2D eigenvalue weighted by Crippen LogP contribution is 2.30. The van der Waals surface area contributed by atoms with Gasteiger partial charge in [0.15, 0.2) is 5.82 Å². The van der Waals surface area contributed by atoms with Gasteiger partial charge in [-0.2, -0.15) is 0 Å². The number of hydrogen-bond acceptors (Lipinski definition) is 5. The molecule has 4 rings (SSSR count). The SMILES string of the molecule is O=C(NC1CC1)C1CCCn2c(-c3cnccn3)nnc21. The summed E-state index contributed by atoms with van der Waals surface area (Å²) in [6.45, 7) is 0.821. The Bertz CT molecular complexity index is 663. The zero-order valence-electron chi connectivity index (χ0n) is 11.6. The van der Waals surface area contributed by atoms with Gasteiger partial charge in [-0.3, -0.25) is 9.78 Å². The molecule has 0 aromatic carbocycles. The summed E-state index contributed by atoms with van der Waals surface area (Å²) >= 11 is 0. The molecule has 1 aliphatic heterocycles. The number of fused-ring (bicyclic) bond motifs is 1. The van der Waals surface area contributed by atoms with Gasteiger partial charge in [0.1, 0.15) is 11.5 Å². The van der Waals surface area contributed by atoms with Crippen molar-refractivity contribution in [3.63, 3.8) is 0 Å². The predicted molar refractivity (Wildman–Crippen MR) is 74.2 cm³/mol. The first-order valence-electron chi connectivity index (χ1n) is 7.33. The van der Waals surface area contributed by atoms with Gasteiger partial charge in [-0.15, -0.1) is 10.2 Å². The van der Waals surface area contributed by atoms with E-state index in [9.17, 15) is 4.79 Å². The smallest absolute Gasteiger partial charge is 0.231 e. The van der Waals surface area contributed by atoms with Gasteiger partial charge in [-0.25, -0.2) is 4.98 Å². The minimum Gasteiger partial charge on any atom is -0.353 e. The normalized spacial score (nSPS) is 20.9. The van der Waals surface area contributed by atoms with Crippen LogP contribution in [0.5, 0.6) is 0 Å². The van der Waals surface area contributed by atoms with Gasteiger partial charge < -0.3 is 9.88 Å². The van der Waals surface area contributed by atoms with Gasteiger partial charge in [-0.05, 0) is 25.7 Å². The van der Waals surface area contributed by atoms with Gasteiger partial charge in [0.05, 0.1) is 12.1 Å². The molecule has 1 unspecified atom stereocenters. The Morgan fingerprint density at radius 1 is 1.24 bits per heavy atom. The van der Waals surface area contributed by atoms with Crippen LogP contribution in [-0.2, 0) is 11.3 Å². The fraction of sp³-hybridized carbons (Fsp3) is 0.500. The van der Waals surface area contributed by atoms with E-state index in [0.717, 1.165) is 38.1 Å². The number of carbonyl (C=O) groups is 1. The summed E-state index contributed by atoms with van der Waals surface area (Å²) in [5.41, 5.74) is 0.694. The van der Waals surface area contributed by atoms with Crippen LogP contribution in [0.15, 0.2) is 18.6 Å². The zero-order chi connectivity index (χ0) is 14.2. The average molecular weight is 284 g/mol. The zero-order valence-corrected chi connectivity index (χ0v) is 11.6. The number of nitrogens with one attached hydrogen (secondary N) is 1. The number of amides is 1. The van der Waals surface area contributed by atoms with Crippen molar-refractivity contribution in [3.05, 3.63) is 24.4 Å². The Morgan fingerprint density at radius 2 is 2.14 bits per heavy atom. The van der Waals surface area contributed by atoms with E-state index in [1.165, 1.54) is 0 Å². The van der Waals surface area contributed by atoms with Crippen LogP contribution in [0.2, 0.25) is 0 Å². The lowest BCUT2D eigenvalue weighted by atomic mass is 9.97. The van der Waals surface area contributed by atoms with Gasteiger partial charge in [-0.1, -0.05) is 0 Å². The molecule has 0 radical (unpaired) electrons. The first-order valence-corrected chi connectivity index (χ1v) is 7.33. The van der Waals surface area contributed by atoms with E-state index in [-0.39, 0.29) is 11.8 Å². The lowest BCUT2D eigenvalue weighted by molar-refractivity contribution is -0.123. The van der Waals surface area contributed by atoms with E-state index in [4.69, 9.17) is 0 Å². The van der Waals surface area contributed by atoms with Crippen LogP contribution in [0.3, 0.4) is 0 Å². The van der Waals surface area contributed by atoms with E-state index >= 15 is 0 Å². The van der Waals surface area contributed by atoms with Crippen LogP contribution < -0.4 is 5.32 Å². The lowest BCUT2D eigenvalue weighted by Crippen LogP contribution is -2.34. The van der Waals surface area contributed by atoms with Crippen LogP contribution in [-0.4, -0.2) is 36.7 Å². The third-order valence-electron chi connectivity index (χ3n) is 4.00. The highest BCUT2D eigenvalue weighted by molar-refractivity contribution is 5.83. The fourth-order valence-corrected chi connectivity index (χ4v) is 2.76. The summed E-state index contributed by atoms with van der Waals surface area (Å²) < 4.78 is 2.00. The van der Waals surface area contributed by atoms with E-state index < -0.39 is 0 Å². The number of aromatic nitrogens is 5. The predicted octanol–water partition coefficient (Wildman–Crippen LogP) is 0.891. The largest absolute Gasteiger partial charge is 0.353 e. The molecule has 0 saturated heterocycles. The van der Waals surface area contributed by atoms with Crippen molar-refractivity contribution in [2.24, 2.45) is 0 Å². The van der Waals surface area contributed by atoms with Crippen LogP contribution in [0.25, 0.3) is 11.5 Å². The van der Waals surface area contributed by atoms with Gasteiger partial charge in [0, 0.05) is 25.0 Å². The summed E-state index contributed by atoms with van der Waals surface area (Å²) in [5.74, 6) is 1.33. The summed E-state index contributed by atoms with van der Waals surface area (Å²) in [4.78, 5) is 20.7. The molecule has 3 heterocycles. The lowest BCUT2D eigenvalue weighted by Gasteiger charge is -2.22. The van der Waals surface area contributed by atoms with E-state index in [2.05, 4.69) is 25.5 Å². The van der Waals surface area contributed by atoms with Crippen molar-refractivity contribution in [1.82, 2.24) is 30.0 Å². The van der Waals surface area contributed by atoms with Crippen LogP contribution in [0, 0.1) is 0 Å². The maximum Gasteiger partial charge on any atom is 0.231 e. The van der Waals surface area contributed by atoms with Crippen LogP contribution in [0.4, 0.5) is 0 Å². The molecule has 0 bridgehead atoms. The third kappa shape index (κ3) is 2.28. The molecule has 1 fully saturated rings. The maximum atomic E-state index is 12.3. The standard InChI is InChI=1S/C14H16N6O/c21-14(17-9-3-4-9)10-2-1-7-20-12(10)18-19-13(20)11-8-15-5-6-16-11/h5-6,8-10H,1-4,7H2,(H,17,21). The molecular formula is C14H16N6O. The Kier molecular flexibility index (Phi) is 2.90. The van der Waals surface area contributed by atoms with Gasteiger partial charge in [0.2, 0.25) is 5.91 Å². The Hall–Kier alpha value is -2.31. The van der Waals surface area contributed by atoms with E-state index in [1.54, 1.807) is 18.6 Å². The molecule has 1 amide bonds. The second-order valence-electron chi connectivity index (χ2n) is 5.60. The van der Waals surface area contributed by atoms with Crippen molar-refractivity contribution < 1.29 is 4.79 Å². The third-order valence-corrected chi connectivity index (χ3v) is 4.00. The van der Waals surface area contributed by atoms with Crippen LogP contribution in [0.1, 0.15) is 37.4 Å². The number of nitrogens with zero attached hydrogens (tertiary/aromatic N) is 5. The molecule has 21 heavy (non-hydrogen) atoms. The first-order chi connectivity index (χ1) is 10.3. The van der Waals surface area contributed by atoms with Crippen molar-refractivity contribution in [1.29, 1.82) is 0 Å². The topological polar surface area (TPSA) is 85.6 Å². The summed E-state index contributed by atoms with van der Waals surface area (Å²) in [5, 5.41) is 11.5. The molecule has 108 valence electrons. The number of carbonyl (C=O) groups excluding carboxylic acids is 1. The molecule has 2 aliphatic rings. The van der Waals surface area contributed by atoms with Crippen LogP contribution >= 0.6 is 0 Å². The van der Waals surface area contributed by atoms with Gasteiger partial charge in [0.25, 0.3) is 0 Å². The highest BCUT2D eigenvalue weighted by atomic mass is 16.2. The molecule has 1 N–H and O–H groups in total. The summed E-state index contributed by atoms with van der Waals surface area (Å²) in [6, 6.07) is 0.371. The molecule has 1 saturated carbocycles. The van der Waals surface area contributed by atoms with Gasteiger partial charge >= 0.3 is 0 Å². The Labute approximate surface area is 121 Å². The van der Waals surface area contributed by atoms with Crippen molar-refractivity contribution in [2.45, 2.75) is 44.2 Å². The second kappa shape index (κ2) is 4.91. The Morgan fingerprint density at radius 3 is 2.90 bits per heavy atom. The molecule has 2 aromatic heterocycles. The molecule has 2 aromatic rings. The molecule has 0 spiro atoms. The molecule has 1 atom stereocenters. The van der Waals surface area contributed by atoms with Crippen molar-refractivity contribution in [3.8, 4) is 11.5 Å².